The predicted octanol–water partition coefficient (Wildman–Crippen LogP) is 3.21. The number of hydrogen-bond donors (Lipinski definition) is 1. The first-order valence-corrected chi connectivity index (χ1v) is 7.41. The average molecular weight is 292 g/mol. The van der Waals surface area contributed by atoms with Gasteiger partial charge < -0.3 is 5.32 Å². The lowest BCUT2D eigenvalue weighted by Crippen LogP contribution is -2.45. The molecule has 0 aromatic carbocycles. The van der Waals surface area contributed by atoms with Crippen molar-refractivity contribution in [3.8, 4) is 0 Å². The summed E-state index contributed by atoms with van der Waals surface area (Å²) in [7, 11) is 0. The second kappa shape index (κ2) is 6.24. The number of hydrogen-bond acceptors (Lipinski definition) is 3. The molecule has 0 bridgehead atoms. The molecule has 1 fully saturated rings. The van der Waals surface area contributed by atoms with Gasteiger partial charge in [0.2, 0.25) is 0 Å². The van der Waals surface area contributed by atoms with E-state index in [9.17, 15) is 13.2 Å². The van der Waals surface area contributed by atoms with Gasteiger partial charge in [-0.25, -0.2) is 0 Å². The van der Waals surface area contributed by atoms with E-state index in [0.29, 0.717) is 13.1 Å². The smallest absolute Gasteiger partial charge is 0.314 e. The van der Waals surface area contributed by atoms with Gasteiger partial charge in [-0.2, -0.15) is 13.2 Å². The number of nitrogens with zero attached hydrogens (tertiary/aromatic N) is 1. The van der Waals surface area contributed by atoms with Crippen molar-refractivity contribution < 1.29 is 13.2 Å². The standard InChI is InChI=1S/C13H19F3N2S/c1-2-10-3-4-12(19-10)11(9-13(14,15)16)18-7-5-17-6-8-18/h3-4,11,17H,2,5-9H2,1H3/t11-/m0/s1. The Labute approximate surface area is 115 Å². The number of nitrogens with one attached hydrogen (secondary N) is 1. The maximum Gasteiger partial charge on any atom is 0.390 e. The van der Waals surface area contributed by atoms with Crippen LogP contribution in [0.25, 0.3) is 0 Å². The molecule has 0 aliphatic carbocycles. The number of alkyl halides is 3. The minimum Gasteiger partial charge on any atom is -0.314 e. The molecule has 2 rings (SSSR count). The lowest BCUT2D eigenvalue weighted by molar-refractivity contribution is -0.148. The molecular formula is C13H19F3N2S. The van der Waals surface area contributed by atoms with Gasteiger partial charge in [-0.15, -0.1) is 11.3 Å². The molecule has 0 radical (unpaired) electrons. The zero-order valence-electron chi connectivity index (χ0n) is 11.0. The summed E-state index contributed by atoms with van der Waals surface area (Å²) >= 11 is 1.51. The van der Waals surface area contributed by atoms with Gasteiger partial charge in [0.15, 0.2) is 0 Å². The van der Waals surface area contributed by atoms with Crippen LogP contribution in [-0.4, -0.2) is 37.3 Å². The van der Waals surface area contributed by atoms with Gasteiger partial charge in [0, 0.05) is 35.9 Å². The van der Waals surface area contributed by atoms with Crippen LogP contribution in [0.5, 0.6) is 0 Å². The van der Waals surface area contributed by atoms with E-state index < -0.39 is 18.6 Å². The highest BCUT2D eigenvalue weighted by Gasteiger charge is 2.36. The third-order valence-corrected chi connectivity index (χ3v) is 4.71. The molecule has 1 N–H and O–H groups in total. The Hall–Kier alpha value is -0.590. The molecule has 0 saturated carbocycles. The molecule has 1 aliphatic rings. The fourth-order valence-electron chi connectivity index (χ4n) is 2.39. The summed E-state index contributed by atoms with van der Waals surface area (Å²) in [6.07, 6.45) is -3.99. The molecule has 1 saturated heterocycles. The van der Waals surface area contributed by atoms with Gasteiger partial charge in [-0.05, 0) is 18.6 Å². The Kier molecular flexibility index (Phi) is 4.86. The quantitative estimate of drug-likeness (QED) is 0.916. The Balaban J connectivity index is 2.17. The summed E-state index contributed by atoms with van der Waals surface area (Å²) in [6, 6.07) is 3.29. The molecule has 1 aromatic rings. The summed E-state index contributed by atoms with van der Waals surface area (Å²) in [5.41, 5.74) is 0. The van der Waals surface area contributed by atoms with Gasteiger partial charge in [0.25, 0.3) is 0 Å². The average Bonchev–Trinajstić information content (AvgIpc) is 2.84. The number of thiophene rings is 1. The molecule has 1 aromatic heterocycles. The van der Waals surface area contributed by atoms with Crippen LogP contribution in [0.15, 0.2) is 12.1 Å². The van der Waals surface area contributed by atoms with Crippen LogP contribution < -0.4 is 5.32 Å². The second-order valence-corrected chi connectivity index (χ2v) is 5.98. The molecule has 1 atom stereocenters. The third kappa shape index (κ3) is 4.19. The van der Waals surface area contributed by atoms with E-state index in [2.05, 4.69) is 5.32 Å². The van der Waals surface area contributed by atoms with Gasteiger partial charge in [0.05, 0.1) is 12.5 Å². The SMILES string of the molecule is CCc1ccc([C@H](CC(F)(F)F)N2CCNCC2)s1. The van der Waals surface area contributed by atoms with Gasteiger partial charge in [0.1, 0.15) is 0 Å². The highest BCUT2D eigenvalue weighted by molar-refractivity contribution is 7.12. The van der Waals surface area contributed by atoms with Gasteiger partial charge in [-0.1, -0.05) is 6.92 Å². The van der Waals surface area contributed by atoms with Crippen molar-refractivity contribution in [2.75, 3.05) is 26.2 Å². The Morgan fingerprint density at radius 3 is 2.53 bits per heavy atom. The molecule has 0 spiro atoms. The highest BCUT2D eigenvalue weighted by Crippen LogP contribution is 2.37. The number of aryl methyl sites for hydroxylation is 1. The number of rotatable bonds is 4. The third-order valence-electron chi connectivity index (χ3n) is 3.38. The van der Waals surface area contributed by atoms with Crippen LogP contribution >= 0.6 is 11.3 Å². The minimum absolute atomic E-state index is 0.521. The molecule has 0 amide bonds. The van der Waals surface area contributed by atoms with Crippen molar-refractivity contribution in [2.24, 2.45) is 0 Å². The van der Waals surface area contributed by atoms with Crippen LogP contribution in [0.2, 0.25) is 0 Å². The van der Waals surface area contributed by atoms with Crippen LogP contribution in [0.3, 0.4) is 0 Å². The van der Waals surface area contributed by atoms with E-state index >= 15 is 0 Å². The van der Waals surface area contributed by atoms with Crippen LogP contribution in [0.1, 0.15) is 29.1 Å². The molecule has 2 nitrogen and oxygen atoms in total. The summed E-state index contributed by atoms with van der Waals surface area (Å²) in [4.78, 5) is 3.95. The van der Waals surface area contributed by atoms with Crippen molar-refractivity contribution in [3.05, 3.63) is 21.9 Å². The first-order chi connectivity index (χ1) is 8.99. The van der Waals surface area contributed by atoms with E-state index in [4.69, 9.17) is 0 Å². The van der Waals surface area contributed by atoms with Crippen LogP contribution in [0.4, 0.5) is 13.2 Å². The van der Waals surface area contributed by atoms with Crippen molar-refractivity contribution in [1.82, 2.24) is 10.2 Å². The fraction of sp³-hybridized carbons (Fsp3) is 0.692. The molecule has 2 heterocycles. The summed E-state index contributed by atoms with van der Waals surface area (Å²) < 4.78 is 38.4. The maximum atomic E-state index is 12.8. The van der Waals surface area contributed by atoms with Crippen molar-refractivity contribution >= 4 is 11.3 Å². The molecule has 19 heavy (non-hydrogen) atoms. The lowest BCUT2D eigenvalue weighted by atomic mass is 10.1. The normalized spacial score (nSPS) is 19.6. The zero-order chi connectivity index (χ0) is 13.9. The molecule has 6 heteroatoms. The van der Waals surface area contributed by atoms with Crippen molar-refractivity contribution in [3.63, 3.8) is 0 Å². The van der Waals surface area contributed by atoms with Crippen molar-refractivity contribution in [1.29, 1.82) is 0 Å². The topological polar surface area (TPSA) is 15.3 Å². The summed E-state index contributed by atoms with van der Waals surface area (Å²) in [5.74, 6) is 0. The van der Waals surface area contributed by atoms with E-state index in [1.165, 1.54) is 11.3 Å². The Morgan fingerprint density at radius 1 is 1.32 bits per heavy atom. The molecule has 1 aliphatic heterocycles. The Bertz CT molecular complexity index is 397. The number of halogens is 3. The largest absolute Gasteiger partial charge is 0.390 e. The molecule has 0 unspecified atom stereocenters. The second-order valence-electron chi connectivity index (χ2n) is 4.78. The minimum atomic E-state index is -4.12. The first kappa shape index (κ1) is 14.8. The van der Waals surface area contributed by atoms with Gasteiger partial charge >= 0.3 is 6.18 Å². The molecular weight excluding hydrogens is 273 g/mol. The maximum absolute atomic E-state index is 12.8. The van der Waals surface area contributed by atoms with E-state index in [0.717, 1.165) is 29.3 Å². The first-order valence-electron chi connectivity index (χ1n) is 6.59. The zero-order valence-corrected chi connectivity index (χ0v) is 11.8. The monoisotopic (exact) mass is 292 g/mol. The predicted molar refractivity (Wildman–Crippen MR) is 71.6 cm³/mol. The fourth-order valence-corrected chi connectivity index (χ4v) is 3.47. The van der Waals surface area contributed by atoms with Crippen LogP contribution in [0, 0.1) is 0 Å². The number of piperazine rings is 1. The molecule has 108 valence electrons. The van der Waals surface area contributed by atoms with Gasteiger partial charge in [-0.3, -0.25) is 4.90 Å². The van der Waals surface area contributed by atoms with Crippen molar-refractivity contribution in [2.45, 2.75) is 32.0 Å². The van der Waals surface area contributed by atoms with E-state index in [1.807, 2.05) is 24.0 Å². The Morgan fingerprint density at radius 2 is 2.00 bits per heavy atom. The summed E-state index contributed by atoms with van der Waals surface area (Å²) in [6.45, 7) is 4.92. The summed E-state index contributed by atoms with van der Waals surface area (Å²) in [5, 5.41) is 3.18. The lowest BCUT2D eigenvalue weighted by Gasteiger charge is -2.34. The van der Waals surface area contributed by atoms with Crippen LogP contribution in [-0.2, 0) is 6.42 Å². The van der Waals surface area contributed by atoms with E-state index in [1.54, 1.807) is 0 Å². The van der Waals surface area contributed by atoms with E-state index in [-0.39, 0.29) is 0 Å². The highest BCUT2D eigenvalue weighted by atomic mass is 32.1.